The first-order chi connectivity index (χ1) is 12.5. The van der Waals surface area contributed by atoms with E-state index in [0.717, 1.165) is 17.7 Å². The molecule has 0 atom stereocenters. The van der Waals surface area contributed by atoms with E-state index in [0.29, 0.717) is 35.5 Å². The summed E-state index contributed by atoms with van der Waals surface area (Å²) in [5.74, 6) is 0.0905. The van der Waals surface area contributed by atoms with Crippen molar-refractivity contribution >= 4 is 34.6 Å². The number of imide groups is 1. The molecule has 1 aliphatic heterocycles. The minimum atomic E-state index is -0.733. The number of rotatable bonds is 4. The number of benzene rings is 1. The molecule has 0 radical (unpaired) electrons. The molecule has 2 heterocycles. The second-order valence-electron chi connectivity index (χ2n) is 6.89. The normalized spacial score (nSPS) is 18.7. The van der Waals surface area contributed by atoms with Crippen molar-refractivity contribution in [1.82, 2.24) is 15.2 Å². The Balaban J connectivity index is 1.37. The average Bonchev–Trinajstić information content (AvgIpc) is 3.25. The smallest absolute Gasteiger partial charge is 0.325 e. The van der Waals surface area contributed by atoms with Crippen LogP contribution in [0, 0.1) is 6.92 Å². The quantitative estimate of drug-likeness (QED) is 0.818. The van der Waals surface area contributed by atoms with Crippen LogP contribution in [-0.2, 0) is 9.59 Å². The molecule has 1 spiro atoms. The molecule has 8 heteroatoms. The summed E-state index contributed by atoms with van der Waals surface area (Å²) in [5.41, 5.74) is 1.18. The lowest BCUT2D eigenvalue weighted by atomic mass is 9.98. The molecule has 1 saturated heterocycles. The fourth-order valence-electron chi connectivity index (χ4n) is 3.75. The molecule has 4 rings (SSSR count). The molecular formula is C18H20N4O4. The lowest BCUT2D eigenvalue weighted by molar-refractivity contribution is -0.131. The molecule has 2 aliphatic rings. The molecule has 2 fully saturated rings. The van der Waals surface area contributed by atoms with E-state index in [9.17, 15) is 14.4 Å². The van der Waals surface area contributed by atoms with Gasteiger partial charge in [-0.2, -0.15) is 0 Å². The topological polar surface area (TPSA) is 105 Å². The van der Waals surface area contributed by atoms with E-state index in [2.05, 4.69) is 15.6 Å². The number of fused-ring (bicyclic) bond motifs is 1. The van der Waals surface area contributed by atoms with Crippen LogP contribution < -0.4 is 10.6 Å². The van der Waals surface area contributed by atoms with E-state index in [1.54, 1.807) is 25.1 Å². The molecule has 1 aliphatic carbocycles. The Morgan fingerprint density at radius 2 is 2.12 bits per heavy atom. The molecule has 0 unspecified atom stereocenters. The minimum Gasteiger partial charge on any atom is -0.441 e. The second-order valence-corrected chi connectivity index (χ2v) is 6.89. The molecule has 1 aromatic heterocycles. The summed E-state index contributed by atoms with van der Waals surface area (Å²) in [5, 5.41) is 5.58. The summed E-state index contributed by atoms with van der Waals surface area (Å²) in [7, 11) is 0. The van der Waals surface area contributed by atoms with Crippen molar-refractivity contribution in [2.45, 2.75) is 44.6 Å². The monoisotopic (exact) mass is 356 g/mol. The highest BCUT2D eigenvalue weighted by Gasteiger charge is 2.52. The third-order valence-electron chi connectivity index (χ3n) is 5.04. The summed E-state index contributed by atoms with van der Waals surface area (Å²) >= 11 is 0. The van der Waals surface area contributed by atoms with E-state index in [1.165, 1.54) is 0 Å². The number of hydrogen-bond donors (Lipinski definition) is 2. The Labute approximate surface area is 149 Å². The highest BCUT2D eigenvalue weighted by Crippen LogP contribution is 2.35. The molecule has 8 nitrogen and oxygen atoms in total. The Bertz CT molecular complexity index is 898. The van der Waals surface area contributed by atoms with Crippen LogP contribution in [0.1, 0.15) is 38.0 Å². The van der Waals surface area contributed by atoms with Crippen molar-refractivity contribution in [1.29, 1.82) is 0 Å². The fraction of sp³-hybridized carbons (Fsp3) is 0.444. The van der Waals surface area contributed by atoms with Crippen LogP contribution in [0.5, 0.6) is 0 Å². The van der Waals surface area contributed by atoms with Gasteiger partial charge in [0.05, 0.1) is 0 Å². The van der Waals surface area contributed by atoms with Gasteiger partial charge in [-0.3, -0.25) is 14.5 Å². The van der Waals surface area contributed by atoms with Crippen molar-refractivity contribution in [3.63, 3.8) is 0 Å². The largest absolute Gasteiger partial charge is 0.441 e. The zero-order chi connectivity index (χ0) is 18.3. The first-order valence-electron chi connectivity index (χ1n) is 8.78. The van der Waals surface area contributed by atoms with Crippen LogP contribution in [0.15, 0.2) is 22.6 Å². The van der Waals surface area contributed by atoms with Crippen LogP contribution in [-0.4, -0.2) is 39.8 Å². The van der Waals surface area contributed by atoms with Gasteiger partial charge in [-0.15, -0.1) is 0 Å². The number of carbonyl (C=O) groups is 3. The maximum atomic E-state index is 12.6. The van der Waals surface area contributed by atoms with Gasteiger partial charge >= 0.3 is 6.03 Å². The SMILES string of the molecule is Cc1nc2cc(NC(=O)CCN3C(=O)NC4(CCCC4)C3=O)ccc2o1. The van der Waals surface area contributed by atoms with Crippen molar-refractivity contribution in [3.05, 3.63) is 24.1 Å². The maximum Gasteiger partial charge on any atom is 0.325 e. The molecule has 2 aromatic rings. The van der Waals surface area contributed by atoms with Crippen molar-refractivity contribution in [2.24, 2.45) is 0 Å². The molecule has 4 amide bonds. The summed E-state index contributed by atoms with van der Waals surface area (Å²) in [6.07, 6.45) is 3.27. The maximum absolute atomic E-state index is 12.6. The lowest BCUT2D eigenvalue weighted by Crippen LogP contribution is -2.44. The van der Waals surface area contributed by atoms with Gasteiger partial charge in [0.25, 0.3) is 5.91 Å². The molecule has 1 aromatic carbocycles. The van der Waals surface area contributed by atoms with Crippen molar-refractivity contribution in [3.8, 4) is 0 Å². The molecule has 26 heavy (non-hydrogen) atoms. The van der Waals surface area contributed by atoms with Crippen molar-refractivity contribution in [2.75, 3.05) is 11.9 Å². The summed E-state index contributed by atoms with van der Waals surface area (Å²) in [6.45, 7) is 1.83. The van der Waals surface area contributed by atoms with Gasteiger partial charge in [0.1, 0.15) is 11.1 Å². The highest BCUT2D eigenvalue weighted by molar-refractivity contribution is 6.07. The van der Waals surface area contributed by atoms with E-state index in [1.807, 2.05) is 0 Å². The summed E-state index contributed by atoms with van der Waals surface area (Å²) in [6, 6.07) is 4.80. The third-order valence-corrected chi connectivity index (χ3v) is 5.04. The number of hydrogen-bond acceptors (Lipinski definition) is 5. The number of anilines is 1. The zero-order valence-electron chi connectivity index (χ0n) is 14.5. The minimum absolute atomic E-state index is 0.0467. The van der Waals surface area contributed by atoms with Gasteiger partial charge in [-0.05, 0) is 31.0 Å². The second kappa shape index (κ2) is 6.12. The van der Waals surface area contributed by atoms with Crippen LogP contribution in [0.25, 0.3) is 11.1 Å². The zero-order valence-corrected chi connectivity index (χ0v) is 14.5. The lowest BCUT2D eigenvalue weighted by Gasteiger charge is -2.19. The first kappa shape index (κ1) is 16.6. The number of nitrogens with one attached hydrogen (secondary N) is 2. The number of urea groups is 1. The molecular weight excluding hydrogens is 336 g/mol. The number of aryl methyl sites for hydroxylation is 1. The van der Waals surface area contributed by atoms with Crippen LogP contribution in [0.4, 0.5) is 10.5 Å². The highest BCUT2D eigenvalue weighted by atomic mass is 16.3. The van der Waals surface area contributed by atoms with Gasteiger partial charge in [-0.25, -0.2) is 9.78 Å². The number of aromatic nitrogens is 1. The van der Waals surface area contributed by atoms with Crippen LogP contribution in [0.2, 0.25) is 0 Å². The van der Waals surface area contributed by atoms with Gasteiger partial charge in [0.2, 0.25) is 5.91 Å². The standard InChI is InChI=1S/C18H20N4O4/c1-11-19-13-10-12(4-5-14(13)26-11)20-15(23)6-9-22-16(24)18(21-17(22)25)7-2-3-8-18/h4-5,10H,2-3,6-9H2,1H3,(H,20,23)(H,21,25). The Kier molecular flexibility index (Phi) is 3.90. The fourth-order valence-corrected chi connectivity index (χ4v) is 3.75. The van der Waals surface area contributed by atoms with E-state index >= 15 is 0 Å². The number of amides is 4. The van der Waals surface area contributed by atoms with E-state index < -0.39 is 11.6 Å². The van der Waals surface area contributed by atoms with Gasteiger partial charge in [0, 0.05) is 25.6 Å². The van der Waals surface area contributed by atoms with E-state index in [-0.39, 0.29) is 24.8 Å². The van der Waals surface area contributed by atoms with E-state index in [4.69, 9.17) is 4.42 Å². The molecule has 0 bridgehead atoms. The first-order valence-corrected chi connectivity index (χ1v) is 8.78. The Morgan fingerprint density at radius 3 is 2.88 bits per heavy atom. The molecule has 2 N–H and O–H groups in total. The van der Waals surface area contributed by atoms with Gasteiger partial charge < -0.3 is 15.1 Å². The number of nitrogens with zero attached hydrogens (tertiary/aromatic N) is 2. The number of oxazole rings is 1. The molecule has 136 valence electrons. The predicted octanol–water partition coefficient (Wildman–Crippen LogP) is 2.33. The van der Waals surface area contributed by atoms with Crippen LogP contribution in [0.3, 0.4) is 0 Å². The predicted molar refractivity (Wildman–Crippen MR) is 93.4 cm³/mol. The molecule has 1 saturated carbocycles. The third kappa shape index (κ3) is 2.81. The summed E-state index contributed by atoms with van der Waals surface area (Å²) in [4.78, 5) is 42.3. The Morgan fingerprint density at radius 1 is 1.35 bits per heavy atom. The Hall–Kier alpha value is -2.90. The average molecular weight is 356 g/mol. The summed E-state index contributed by atoms with van der Waals surface area (Å²) < 4.78 is 5.40. The van der Waals surface area contributed by atoms with Gasteiger partial charge in [-0.1, -0.05) is 12.8 Å². The number of carbonyl (C=O) groups excluding carboxylic acids is 3. The van der Waals surface area contributed by atoms with Crippen LogP contribution >= 0.6 is 0 Å². The van der Waals surface area contributed by atoms with Crippen molar-refractivity contribution < 1.29 is 18.8 Å². The van der Waals surface area contributed by atoms with Gasteiger partial charge in [0.15, 0.2) is 11.5 Å².